The van der Waals surface area contributed by atoms with Crippen molar-refractivity contribution in [3.63, 3.8) is 0 Å². The maximum absolute atomic E-state index is 11.3. The van der Waals surface area contributed by atoms with Gasteiger partial charge < -0.3 is 10.1 Å². The van der Waals surface area contributed by atoms with Gasteiger partial charge in [0.05, 0.1) is 12.9 Å². The molecule has 1 spiro atoms. The first kappa shape index (κ1) is 19.6. The van der Waals surface area contributed by atoms with Crippen molar-refractivity contribution in [3.8, 4) is 10.4 Å². The van der Waals surface area contributed by atoms with Crippen LogP contribution in [0.15, 0.2) is 24.4 Å². The Morgan fingerprint density at radius 2 is 2.08 bits per heavy atom. The molecule has 1 fully saturated rings. The lowest BCUT2D eigenvalue weighted by Crippen LogP contribution is -2.43. The van der Waals surface area contributed by atoms with Gasteiger partial charge in [0.1, 0.15) is 11.4 Å². The van der Waals surface area contributed by atoms with Crippen LogP contribution in [0.25, 0.3) is 10.4 Å². The second kappa shape index (κ2) is 7.44. The van der Waals surface area contributed by atoms with Gasteiger partial charge in [-0.25, -0.2) is 13.4 Å². The molecule has 0 aromatic carbocycles. The normalized spacial score (nSPS) is 18.8. The molecule has 26 heavy (non-hydrogen) atoms. The van der Waals surface area contributed by atoms with Crippen LogP contribution < -0.4 is 10.0 Å². The van der Waals surface area contributed by atoms with E-state index in [9.17, 15) is 8.42 Å². The third-order valence-electron chi connectivity index (χ3n) is 4.72. The van der Waals surface area contributed by atoms with E-state index in [2.05, 4.69) is 21.1 Å². The first-order valence-electron chi connectivity index (χ1n) is 8.37. The maximum Gasteiger partial charge on any atom is 0.230 e. The van der Waals surface area contributed by atoms with E-state index in [0.717, 1.165) is 55.7 Å². The molecule has 2 aliphatic rings. The molecular formula is C17H22ClN3O3S2. The van der Waals surface area contributed by atoms with Gasteiger partial charge in [-0.2, -0.15) is 0 Å². The summed E-state index contributed by atoms with van der Waals surface area (Å²) >= 11 is 1.78. The number of nitrogens with one attached hydrogen (secondary N) is 2. The molecule has 4 heterocycles. The molecular weight excluding hydrogens is 394 g/mol. The molecule has 2 aliphatic heterocycles. The third-order valence-corrected chi connectivity index (χ3v) is 6.71. The van der Waals surface area contributed by atoms with Crippen molar-refractivity contribution in [2.45, 2.75) is 24.9 Å². The zero-order chi connectivity index (χ0) is 17.5. The number of halogens is 1. The van der Waals surface area contributed by atoms with Gasteiger partial charge in [0.2, 0.25) is 10.0 Å². The Bertz CT molecular complexity index is 875. The molecule has 1 saturated heterocycles. The number of rotatable bonds is 3. The summed E-state index contributed by atoms with van der Waals surface area (Å²) in [6.07, 6.45) is 5.81. The summed E-state index contributed by atoms with van der Waals surface area (Å²) in [5, 5.41) is 3.41. The van der Waals surface area contributed by atoms with Gasteiger partial charge >= 0.3 is 0 Å². The van der Waals surface area contributed by atoms with Gasteiger partial charge in [0.25, 0.3) is 0 Å². The Morgan fingerprint density at radius 3 is 2.73 bits per heavy atom. The molecule has 2 N–H and O–H groups in total. The summed E-state index contributed by atoms with van der Waals surface area (Å²) in [6, 6.07) is 5.85. The largest absolute Gasteiger partial charge is 0.369 e. The van der Waals surface area contributed by atoms with Crippen molar-refractivity contribution < 1.29 is 13.2 Å². The van der Waals surface area contributed by atoms with Crippen LogP contribution in [0.1, 0.15) is 23.3 Å². The number of piperidine rings is 1. The zero-order valence-electron chi connectivity index (χ0n) is 14.4. The number of ether oxygens (including phenoxy) is 1. The van der Waals surface area contributed by atoms with E-state index in [0.29, 0.717) is 5.82 Å². The number of anilines is 1. The van der Waals surface area contributed by atoms with Crippen LogP contribution in [0, 0.1) is 0 Å². The number of nitrogens with zero attached hydrogens (tertiary/aromatic N) is 1. The number of hydrogen-bond acceptors (Lipinski definition) is 6. The molecule has 0 radical (unpaired) electrons. The predicted octanol–water partition coefficient (Wildman–Crippen LogP) is 2.75. The van der Waals surface area contributed by atoms with E-state index < -0.39 is 10.0 Å². The molecule has 0 unspecified atom stereocenters. The van der Waals surface area contributed by atoms with E-state index in [4.69, 9.17) is 4.74 Å². The molecule has 9 heteroatoms. The van der Waals surface area contributed by atoms with Crippen molar-refractivity contribution >= 4 is 39.6 Å². The number of thiophene rings is 1. The summed E-state index contributed by atoms with van der Waals surface area (Å²) in [4.78, 5) is 6.74. The lowest BCUT2D eigenvalue weighted by molar-refractivity contribution is -0.0771. The highest BCUT2D eigenvalue weighted by atomic mass is 35.5. The Morgan fingerprint density at radius 1 is 1.31 bits per heavy atom. The van der Waals surface area contributed by atoms with Gasteiger partial charge in [-0.1, -0.05) is 0 Å². The molecule has 4 rings (SSSR count). The van der Waals surface area contributed by atoms with Crippen molar-refractivity contribution in [1.29, 1.82) is 0 Å². The van der Waals surface area contributed by atoms with Crippen LogP contribution >= 0.6 is 23.7 Å². The fourth-order valence-electron chi connectivity index (χ4n) is 3.56. The smallest absolute Gasteiger partial charge is 0.230 e. The number of aromatic nitrogens is 1. The van der Waals surface area contributed by atoms with Gasteiger partial charge in [-0.15, -0.1) is 23.7 Å². The Hall–Kier alpha value is -1.19. The van der Waals surface area contributed by atoms with Crippen molar-refractivity contribution in [2.24, 2.45) is 0 Å². The molecule has 2 aromatic heterocycles. The highest BCUT2D eigenvalue weighted by Crippen LogP contribution is 2.46. The lowest BCUT2D eigenvalue weighted by atomic mass is 9.86. The average molecular weight is 416 g/mol. The summed E-state index contributed by atoms with van der Waals surface area (Å²) < 4.78 is 31.2. The van der Waals surface area contributed by atoms with Crippen molar-refractivity contribution in [2.75, 3.05) is 30.7 Å². The summed E-state index contributed by atoms with van der Waals surface area (Å²) in [7, 11) is -3.31. The van der Waals surface area contributed by atoms with Crippen LogP contribution in [0.2, 0.25) is 0 Å². The van der Waals surface area contributed by atoms with E-state index in [1.807, 2.05) is 6.07 Å². The standard InChI is InChI=1S/C17H21N3O3S2.ClH/c1-25(21,22)20-15-3-2-13(11-19-15)14-10-12-4-9-23-17(16(12)24-14)5-7-18-8-6-17;/h2-3,10-11,18H,4-9H2,1H3,(H,19,20);1H. The molecule has 0 saturated carbocycles. The molecule has 6 nitrogen and oxygen atoms in total. The molecule has 0 aliphatic carbocycles. The number of hydrogen-bond donors (Lipinski definition) is 2. The van der Waals surface area contributed by atoms with Crippen LogP contribution in [0.5, 0.6) is 0 Å². The minimum atomic E-state index is -3.31. The van der Waals surface area contributed by atoms with E-state index in [1.165, 1.54) is 10.4 Å². The Labute approximate surface area is 163 Å². The fourth-order valence-corrected chi connectivity index (χ4v) is 5.46. The quantitative estimate of drug-likeness (QED) is 0.805. The van der Waals surface area contributed by atoms with Gasteiger partial charge in [-0.05, 0) is 56.1 Å². The van der Waals surface area contributed by atoms with Gasteiger partial charge in [-0.3, -0.25) is 4.72 Å². The molecule has 0 amide bonds. The average Bonchev–Trinajstić information content (AvgIpc) is 3.01. The second-order valence-corrected chi connectivity index (χ2v) is 9.41. The first-order chi connectivity index (χ1) is 12.0. The second-order valence-electron chi connectivity index (χ2n) is 6.61. The number of pyridine rings is 1. The molecule has 2 aromatic rings. The number of fused-ring (bicyclic) bond motifs is 2. The van der Waals surface area contributed by atoms with Gasteiger partial charge in [0, 0.05) is 21.5 Å². The predicted molar refractivity (Wildman–Crippen MR) is 107 cm³/mol. The monoisotopic (exact) mass is 415 g/mol. The highest BCUT2D eigenvalue weighted by molar-refractivity contribution is 7.92. The van der Waals surface area contributed by atoms with Crippen LogP contribution in [-0.2, 0) is 26.8 Å². The van der Waals surface area contributed by atoms with Crippen molar-refractivity contribution in [3.05, 3.63) is 34.8 Å². The zero-order valence-corrected chi connectivity index (χ0v) is 16.9. The maximum atomic E-state index is 11.3. The van der Waals surface area contributed by atoms with Gasteiger partial charge in [0.15, 0.2) is 0 Å². The summed E-state index contributed by atoms with van der Waals surface area (Å²) in [5.41, 5.74) is 2.25. The SMILES string of the molecule is CS(=O)(=O)Nc1ccc(-c2cc3c(s2)C2(CCNCC2)OCC3)cn1.Cl. The Kier molecular flexibility index (Phi) is 5.60. The summed E-state index contributed by atoms with van der Waals surface area (Å²) in [5.74, 6) is 0.339. The van der Waals surface area contributed by atoms with E-state index in [-0.39, 0.29) is 18.0 Å². The third kappa shape index (κ3) is 3.89. The fraction of sp³-hybridized carbons (Fsp3) is 0.471. The lowest BCUT2D eigenvalue weighted by Gasteiger charge is -2.40. The Balaban J connectivity index is 0.00000196. The van der Waals surface area contributed by atoms with Crippen LogP contribution in [-0.4, -0.2) is 39.4 Å². The van der Waals surface area contributed by atoms with Crippen molar-refractivity contribution in [1.82, 2.24) is 10.3 Å². The minimum Gasteiger partial charge on any atom is -0.369 e. The molecule has 142 valence electrons. The van der Waals surface area contributed by atoms with E-state index in [1.54, 1.807) is 23.6 Å². The molecule has 0 bridgehead atoms. The highest BCUT2D eigenvalue weighted by Gasteiger charge is 2.40. The molecule has 0 atom stereocenters. The topological polar surface area (TPSA) is 80.3 Å². The minimum absolute atomic E-state index is 0. The van der Waals surface area contributed by atoms with Crippen LogP contribution in [0.4, 0.5) is 5.82 Å². The summed E-state index contributed by atoms with van der Waals surface area (Å²) in [6.45, 7) is 2.75. The first-order valence-corrected chi connectivity index (χ1v) is 11.1. The van der Waals surface area contributed by atoms with E-state index >= 15 is 0 Å². The van der Waals surface area contributed by atoms with Crippen LogP contribution in [0.3, 0.4) is 0 Å². The number of sulfonamides is 1.